The van der Waals surface area contributed by atoms with Gasteiger partial charge in [0, 0.05) is 19.4 Å². The SMILES string of the molecule is C#CCCC(=O)N1CCC=C(F)C1. The van der Waals surface area contributed by atoms with Gasteiger partial charge in [-0.3, -0.25) is 4.79 Å². The largest absolute Gasteiger partial charge is 0.336 e. The first kappa shape index (κ1) is 9.79. The van der Waals surface area contributed by atoms with Crippen LogP contribution in [0.4, 0.5) is 4.39 Å². The molecule has 0 bridgehead atoms. The van der Waals surface area contributed by atoms with E-state index in [1.807, 2.05) is 0 Å². The average molecular weight is 181 g/mol. The molecular formula is C10H12FNO. The summed E-state index contributed by atoms with van der Waals surface area (Å²) in [7, 11) is 0. The summed E-state index contributed by atoms with van der Waals surface area (Å²) in [6, 6.07) is 0. The molecule has 0 aliphatic carbocycles. The van der Waals surface area contributed by atoms with Crippen molar-refractivity contribution < 1.29 is 9.18 Å². The molecule has 13 heavy (non-hydrogen) atoms. The first-order valence-corrected chi connectivity index (χ1v) is 4.30. The lowest BCUT2D eigenvalue weighted by molar-refractivity contribution is -0.131. The molecule has 1 aliphatic rings. The Balaban J connectivity index is 2.40. The minimum atomic E-state index is -0.222. The second-order valence-corrected chi connectivity index (χ2v) is 2.96. The zero-order valence-electron chi connectivity index (χ0n) is 7.42. The van der Waals surface area contributed by atoms with E-state index in [9.17, 15) is 9.18 Å². The van der Waals surface area contributed by atoms with Gasteiger partial charge in [0.25, 0.3) is 0 Å². The number of carbonyl (C=O) groups excluding carboxylic acids is 1. The number of halogens is 1. The third-order valence-corrected chi connectivity index (χ3v) is 1.94. The quantitative estimate of drug-likeness (QED) is 0.591. The van der Waals surface area contributed by atoms with Crippen LogP contribution in [0.1, 0.15) is 19.3 Å². The van der Waals surface area contributed by atoms with Crippen molar-refractivity contribution in [2.45, 2.75) is 19.3 Å². The van der Waals surface area contributed by atoms with Crippen molar-refractivity contribution in [2.75, 3.05) is 13.1 Å². The summed E-state index contributed by atoms with van der Waals surface area (Å²) in [5, 5.41) is 0. The summed E-state index contributed by atoms with van der Waals surface area (Å²) in [6.07, 6.45) is 7.91. The fourth-order valence-corrected chi connectivity index (χ4v) is 1.25. The number of hydrogen-bond donors (Lipinski definition) is 0. The Bertz CT molecular complexity index is 265. The second kappa shape index (κ2) is 4.66. The molecule has 0 spiro atoms. The number of carbonyl (C=O) groups is 1. The van der Waals surface area contributed by atoms with Crippen molar-refractivity contribution in [3.63, 3.8) is 0 Å². The van der Waals surface area contributed by atoms with E-state index in [2.05, 4.69) is 5.92 Å². The molecule has 3 heteroatoms. The third-order valence-electron chi connectivity index (χ3n) is 1.94. The molecule has 0 N–H and O–H groups in total. The minimum Gasteiger partial charge on any atom is -0.336 e. The second-order valence-electron chi connectivity index (χ2n) is 2.96. The van der Waals surface area contributed by atoms with Crippen LogP contribution in [0.5, 0.6) is 0 Å². The molecule has 0 saturated heterocycles. The summed E-state index contributed by atoms with van der Waals surface area (Å²) in [5.41, 5.74) is 0. The van der Waals surface area contributed by atoms with E-state index < -0.39 is 0 Å². The van der Waals surface area contributed by atoms with E-state index in [0.717, 1.165) is 0 Å². The lowest BCUT2D eigenvalue weighted by atomic mass is 10.2. The van der Waals surface area contributed by atoms with Gasteiger partial charge in [-0.1, -0.05) is 0 Å². The fourth-order valence-electron chi connectivity index (χ4n) is 1.25. The fraction of sp³-hybridized carbons (Fsp3) is 0.500. The molecule has 70 valence electrons. The summed E-state index contributed by atoms with van der Waals surface area (Å²) in [4.78, 5) is 12.8. The Morgan fingerprint density at radius 3 is 3.15 bits per heavy atom. The first-order valence-electron chi connectivity index (χ1n) is 4.30. The van der Waals surface area contributed by atoms with E-state index in [0.29, 0.717) is 25.8 Å². The van der Waals surface area contributed by atoms with E-state index in [4.69, 9.17) is 6.42 Å². The Morgan fingerprint density at radius 1 is 1.77 bits per heavy atom. The molecular weight excluding hydrogens is 169 g/mol. The van der Waals surface area contributed by atoms with Crippen LogP contribution in [0.2, 0.25) is 0 Å². The molecule has 0 fully saturated rings. The summed E-state index contributed by atoms with van der Waals surface area (Å²) in [5.74, 6) is 2.12. The molecule has 2 nitrogen and oxygen atoms in total. The van der Waals surface area contributed by atoms with Crippen LogP contribution in [0.15, 0.2) is 11.9 Å². The van der Waals surface area contributed by atoms with Gasteiger partial charge in [0.05, 0.1) is 6.54 Å². The van der Waals surface area contributed by atoms with Gasteiger partial charge in [0.2, 0.25) is 5.91 Å². The van der Waals surface area contributed by atoms with Crippen molar-refractivity contribution in [3.8, 4) is 12.3 Å². The van der Waals surface area contributed by atoms with Crippen molar-refractivity contribution in [1.82, 2.24) is 4.90 Å². The van der Waals surface area contributed by atoms with Crippen LogP contribution < -0.4 is 0 Å². The monoisotopic (exact) mass is 181 g/mol. The highest BCUT2D eigenvalue weighted by molar-refractivity contribution is 5.76. The summed E-state index contributed by atoms with van der Waals surface area (Å²) in [6.45, 7) is 0.722. The lowest BCUT2D eigenvalue weighted by Gasteiger charge is -2.24. The van der Waals surface area contributed by atoms with Gasteiger partial charge in [0.15, 0.2) is 0 Å². The summed E-state index contributed by atoms with van der Waals surface area (Å²) < 4.78 is 12.7. The molecule has 1 rings (SSSR count). The van der Waals surface area contributed by atoms with Gasteiger partial charge >= 0.3 is 0 Å². The zero-order valence-corrected chi connectivity index (χ0v) is 7.42. The van der Waals surface area contributed by atoms with Gasteiger partial charge < -0.3 is 4.90 Å². The predicted molar refractivity (Wildman–Crippen MR) is 48.5 cm³/mol. The van der Waals surface area contributed by atoms with Crippen LogP contribution in [0.25, 0.3) is 0 Å². The van der Waals surface area contributed by atoms with Gasteiger partial charge in [-0.05, 0) is 12.5 Å². The highest BCUT2D eigenvalue weighted by Gasteiger charge is 2.16. The van der Waals surface area contributed by atoms with E-state index >= 15 is 0 Å². The van der Waals surface area contributed by atoms with Crippen LogP contribution in [-0.2, 0) is 4.79 Å². The Morgan fingerprint density at radius 2 is 2.54 bits per heavy atom. The standard InChI is InChI=1S/C10H12FNO/c1-2-3-6-10(13)12-7-4-5-9(11)8-12/h1,5H,3-4,6-8H2. The maximum Gasteiger partial charge on any atom is 0.223 e. The minimum absolute atomic E-state index is 0.0544. The highest BCUT2D eigenvalue weighted by atomic mass is 19.1. The molecule has 0 aromatic rings. The maximum absolute atomic E-state index is 12.7. The summed E-state index contributed by atoms with van der Waals surface area (Å²) >= 11 is 0. The molecule has 1 heterocycles. The molecule has 0 saturated carbocycles. The lowest BCUT2D eigenvalue weighted by Crippen LogP contribution is -2.34. The number of rotatable bonds is 2. The Labute approximate surface area is 77.4 Å². The Kier molecular flexibility index (Phi) is 3.51. The van der Waals surface area contributed by atoms with E-state index in [1.54, 1.807) is 0 Å². The molecule has 0 aromatic carbocycles. The van der Waals surface area contributed by atoms with Crippen LogP contribution >= 0.6 is 0 Å². The van der Waals surface area contributed by atoms with Gasteiger partial charge in [-0.25, -0.2) is 4.39 Å². The van der Waals surface area contributed by atoms with Gasteiger partial charge in [-0.2, -0.15) is 0 Å². The van der Waals surface area contributed by atoms with Crippen LogP contribution in [0, 0.1) is 12.3 Å². The number of nitrogens with zero attached hydrogens (tertiary/aromatic N) is 1. The van der Waals surface area contributed by atoms with Crippen molar-refractivity contribution in [2.24, 2.45) is 0 Å². The number of hydrogen-bond acceptors (Lipinski definition) is 1. The van der Waals surface area contributed by atoms with Crippen molar-refractivity contribution >= 4 is 5.91 Å². The predicted octanol–water partition coefficient (Wildman–Crippen LogP) is 1.49. The molecule has 0 unspecified atom stereocenters. The number of terminal acetylenes is 1. The van der Waals surface area contributed by atoms with E-state index in [-0.39, 0.29) is 18.3 Å². The molecule has 0 atom stereocenters. The van der Waals surface area contributed by atoms with Crippen LogP contribution in [-0.4, -0.2) is 23.9 Å². The maximum atomic E-state index is 12.7. The van der Waals surface area contributed by atoms with E-state index in [1.165, 1.54) is 11.0 Å². The van der Waals surface area contributed by atoms with Crippen molar-refractivity contribution in [3.05, 3.63) is 11.9 Å². The Hall–Kier alpha value is -1.30. The third kappa shape index (κ3) is 2.90. The van der Waals surface area contributed by atoms with Gasteiger partial charge in [-0.15, -0.1) is 12.3 Å². The van der Waals surface area contributed by atoms with Gasteiger partial charge in [0.1, 0.15) is 5.83 Å². The first-order chi connectivity index (χ1) is 6.24. The van der Waals surface area contributed by atoms with Crippen molar-refractivity contribution in [1.29, 1.82) is 0 Å². The number of amides is 1. The highest BCUT2D eigenvalue weighted by Crippen LogP contribution is 2.11. The molecule has 1 aliphatic heterocycles. The molecule has 0 aromatic heterocycles. The molecule has 1 amide bonds. The average Bonchev–Trinajstić information content (AvgIpc) is 2.14. The zero-order chi connectivity index (χ0) is 9.68. The molecule has 0 radical (unpaired) electrons. The normalized spacial score (nSPS) is 16.3. The van der Waals surface area contributed by atoms with Crippen LogP contribution in [0.3, 0.4) is 0 Å². The topological polar surface area (TPSA) is 20.3 Å². The smallest absolute Gasteiger partial charge is 0.223 e.